The number of likely N-dealkylation sites (tertiary alicyclic amines) is 1. The molecule has 1 saturated heterocycles. The molecule has 1 aliphatic rings. The van der Waals surface area contributed by atoms with E-state index in [0.29, 0.717) is 30.1 Å². The number of aliphatic hydroxyl groups excluding tert-OH is 1. The van der Waals surface area contributed by atoms with Crippen molar-refractivity contribution in [2.75, 3.05) is 20.2 Å². The van der Waals surface area contributed by atoms with Crippen LogP contribution in [0.1, 0.15) is 39.0 Å². The summed E-state index contributed by atoms with van der Waals surface area (Å²) in [5.74, 6) is 2.99. The van der Waals surface area contributed by atoms with Gasteiger partial charge in [-0.15, -0.1) is 0 Å². The zero-order valence-corrected chi connectivity index (χ0v) is 15.9. The number of rotatable bonds is 7. The van der Waals surface area contributed by atoms with E-state index in [1.165, 1.54) is 0 Å². The van der Waals surface area contributed by atoms with Gasteiger partial charge in [0, 0.05) is 5.56 Å². The fourth-order valence-corrected chi connectivity index (χ4v) is 3.54. The molecular weight excluding hydrogens is 330 g/mol. The van der Waals surface area contributed by atoms with Crippen molar-refractivity contribution in [2.45, 2.75) is 45.8 Å². The fourth-order valence-electron chi connectivity index (χ4n) is 3.54. The van der Waals surface area contributed by atoms with Crippen LogP contribution in [0.25, 0.3) is 11.4 Å². The number of hydrogen-bond donors (Lipinski definition) is 1. The van der Waals surface area contributed by atoms with E-state index in [1.54, 1.807) is 7.11 Å². The molecule has 1 N–H and O–H groups in total. The molecule has 0 unspecified atom stereocenters. The largest absolute Gasteiger partial charge is 0.497 e. The van der Waals surface area contributed by atoms with E-state index in [2.05, 4.69) is 28.9 Å². The van der Waals surface area contributed by atoms with Crippen LogP contribution in [0, 0.1) is 11.8 Å². The highest BCUT2D eigenvalue weighted by Crippen LogP contribution is 2.26. The lowest BCUT2D eigenvalue weighted by Crippen LogP contribution is -2.37. The Morgan fingerprint density at radius 3 is 2.54 bits per heavy atom. The number of ether oxygens (including phenoxy) is 1. The number of methoxy groups -OCH3 is 1. The molecule has 3 rings (SSSR count). The lowest BCUT2D eigenvalue weighted by atomic mass is 9.87. The van der Waals surface area contributed by atoms with E-state index < -0.39 is 0 Å². The highest BCUT2D eigenvalue weighted by Gasteiger charge is 2.26. The van der Waals surface area contributed by atoms with Crippen LogP contribution in [0.15, 0.2) is 28.8 Å². The Hall–Kier alpha value is -1.92. The minimum atomic E-state index is -0.178. The third-order valence-corrected chi connectivity index (χ3v) is 5.06. The number of aliphatic hydroxyl groups is 1. The molecule has 6 nitrogen and oxygen atoms in total. The van der Waals surface area contributed by atoms with Gasteiger partial charge in [-0.1, -0.05) is 19.0 Å². The highest BCUT2D eigenvalue weighted by atomic mass is 16.5. The smallest absolute Gasteiger partial charge is 0.241 e. The SMILES string of the molecule is COc1ccc(-c2noc(CN3CCC([C@H](O)CC(C)C)CC3)n2)cc1. The summed E-state index contributed by atoms with van der Waals surface area (Å²) >= 11 is 0. The molecule has 26 heavy (non-hydrogen) atoms. The van der Waals surface area contributed by atoms with Crippen LogP contribution in [0.2, 0.25) is 0 Å². The van der Waals surface area contributed by atoms with Crippen molar-refractivity contribution in [3.63, 3.8) is 0 Å². The highest BCUT2D eigenvalue weighted by molar-refractivity contribution is 5.55. The van der Waals surface area contributed by atoms with Crippen LogP contribution in [0.5, 0.6) is 5.75 Å². The summed E-state index contributed by atoms with van der Waals surface area (Å²) in [7, 11) is 1.65. The first-order chi connectivity index (χ1) is 12.5. The van der Waals surface area contributed by atoms with Crippen molar-refractivity contribution >= 4 is 0 Å². The average molecular weight is 359 g/mol. The molecule has 2 heterocycles. The summed E-state index contributed by atoms with van der Waals surface area (Å²) in [6.45, 7) is 6.90. The second-order valence-electron chi connectivity index (χ2n) is 7.55. The lowest BCUT2D eigenvalue weighted by molar-refractivity contribution is 0.0413. The summed E-state index contributed by atoms with van der Waals surface area (Å²) in [6.07, 6.45) is 2.75. The standard InChI is InChI=1S/C20H29N3O3/c1-14(2)12-18(24)15-8-10-23(11-9-15)13-19-21-20(22-26-19)16-4-6-17(25-3)7-5-16/h4-7,14-15,18,24H,8-13H2,1-3H3/t18-/m1/s1. The Morgan fingerprint density at radius 1 is 1.23 bits per heavy atom. The Morgan fingerprint density at radius 2 is 1.92 bits per heavy atom. The Bertz CT molecular complexity index is 676. The molecular formula is C20H29N3O3. The quantitative estimate of drug-likeness (QED) is 0.817. The van der Waals surface area contributed by atoms with Crippen LogP contribution >= 0.6 is 0 Å². The molecule has 0 spiro atoms. The summed E-state index contributed by atoms with van der Waals surface area (Å²) in [5.41, 5.74) is 0.913. The van der Waals surface area contributed by atoms with E-state index in [1.807, 2.05) is 24.3 Å². The van der Waals surface area contributed by atoms with E-state index in [0.717, 1.165) is 43.7 Å². The summed E-state index contributed by atoms with van der Waals surface area (Å²) in [5, 5.41) is 14.4. The Labute approximate surface area is 155 Å². The molecule has 0 saturated carbocycles. The molecule has 6 heteroatoms. The molecule has 0 bridgehead atoms. The van der Waals surface area contributed by atoms with Gasteiger partial charge in [0.05, 0.1) is 19.8 Å². The minimum Gasteiger partial charge on any atom is -0.497 e. The first-order valence-electron chi connectivity index (χ1n) is 9.42. The van der Waals surface area contributed by atoms with Gasteiger partial charge in [-0.2, -0.15) is 4.98 Å². The van der Waals surface area contributed by atoms with Gasteiger partial charge in [-0.05, 0) is 68.5 Å². The molecule has 1 fully saturated rings. The number of nitrogens with zero attached hydrogens (tertiary/aromatic N) is 3. The van der Waals surface area contributed by atoms with Gasteiger partial charge in [0.2, 0.25) is 11.7 Å². The van der Waals surface area contributed by atoms with Gasteiger partial charge >= 0.3 is 0 Å². The van der Waals surface area contributed by atoms with E-state index in [9.17, 15) is 5.11 Å². The van der Waals surface area contributed by atoms with Gasteiger partial charge in [-0.3, -0.25) is 4.90 Å². The third-order valence-electron chi connectivity index (χ3n) is 5.06. The normalized spacial score (nSPS) is 17.6. The zero-order valence-electron chi connectivity index (χ0n) is 15.9. The first-order valence-corrected chi connectivity index (χ1v) is 9.42. The molecule has 0 radical (unpaired) electrons. The van der Waals surface area contributed by atoms with Crippen molar-refractivity contribution in [2.24, 2.45) is 11.8 Å². The molecule has 0 amide bonds. The average Bonchev–Trinajstić information content (AvgIpc) is 3.10. The van der Waals surface area contributed by atoms with E-state index >= 15 is 0 Å². The van der Waals surface area contributed by atoms with Crippen molar-refractivity contribution in [1.29, 1.82) is 0 Å². The lowest BCUT2D eigenvalue weighted by Gasteiger charge is -2.33. The number of aromatic nitrogens is 2. The molecule has 1 atom stereocenters. The second-order valence-corrected chi connectivity index (χ2v) is 7.55. The monoisotopic (exact) mass is 359 g/mol. The van der Waals surface area contributed by atoms with Gasteiger partial charge < -0.3 is 14.4 Å². The van der Waals surface area contributed by atoms with Gasteiger partial charge in [-0.25, -0.2) is 0 Å². The maximum Gasteiger partial charge on any atom is 0.241 e. The fraction of sp³-hybridized carbons (Fsp3) is 0.600. The second kappa shape index (κ2) is 8.64. The van der Waals surface area contributed by atoms with Crippen LogP contribution in [-0.2, 0) is 6.54 Å². The van der Waals surface area contributed by atoms with Crippen molar-refractivity contribution in [3.8, 4) is 17.1 Å². The maximum absolute atomic E-state index is 10.3. The van der Waals surface area contributed by atoms with Crippen molar-refractivity contribution in [3.05, 3.63) is 30.2 Å². The van der Waals surface area contributed by atoms with Crippen LogP contribution in [0.3, 0.4) is 0 Å². The minimum absolute atomic E-state index is 0.178. The molecule has 2 aromatic rings. The van der Waals surface area contributed by atoms with Crippen molar-refractivity contribution < 1.29 is 14.4 Å². The predicted octanol–water partition coefficient (Wildman–Crippen LogP) is 3.36. The molecule has 1 aromatic carbocycles. The predicted molar refractivity (Wildman–Crippen MR) is 99.7 cm³/mol. The van der Waals surface area contributed by atoms with Crippen LogP contribution < -0.4 is 4.74 Å². The van der Waals surface area contributed by atoms with Crippen molar-refractivity contribution in [1.82, 2.24) is 15.0 Å². The van der Waals surface area contributed by atoms with E-state index in [-0.39, 0.29) is 6.10 Å². The first kappa shape index (κ1) is 18.9. The molecule has 1 aliphatic heterocycles. The van der Waals surface area contributed by atoms with Gasteiger partial charge in [0.25, 0.3) is 0 Å². The van der Waals surface area contributed by atoms with Crippen LogP contribution in [-0.4, -0.2) is 46.5 Å². The summed E-state index contributed by atoms with van der Waals surface area (Å²) in [6, 6.07) is 7.63. The third kappa shape index (κ3) is 4.83. The van der Waals surface area contributed by atoms with Gasteiger partial charge in [0.1, 0.15) is 5.75 Å². The Kier molecular flexibility index (Phi) is 6.27. The zero-order chi connectivity index (χ0) is 18.5. The Balaban J connectivity index is 1.52. The number of benzene rings is 1. The summed E-state index contributed by atoms with van der Waals surface area (Å²) in [4.78, 5) is 6.84. The van der Waals surface area contributed by atoms with E-state index in [4.69, 9.17) is 9.26 Å². The molecule has 1 aromatic heterocycles. The topological polar surface area (TPSA) is 71.6 Å². The molecule has 142 valence electrons. The van der Waals surface area contributed by atoms with Crippen LogP contribution in [0.4, 0.5) is 0 Å². The maximum atomic E-state index is 10.3. The summed E-state index contributed by atoms with van der Waals surface area (Å²) < 4.78 is 10.6. The number of piperidine rings is 1. The molecule has 0 aliphatic carbocycles. The number of hydrogen-bond acceptors (Lipinski definition) is 6. The van der Waals surface area contributed by atoms with Gasteiger partial charge in [0.15, 0.2) is 0 Å².